The van der Waals surface area contributed by atoms with E-state index in [1.54, 1.807) is 6.92 Å². The molecule has 0 atom stereocenters. The molecule has 78 valence electrons. The van der Waals surface area contributed by atoms with E-state index in [0.717, 1.165) is 11.5 Å². The van der Waals surface area contributed by atoms with Gasteiger partial charge in [-0.1, -0.05) is 11.6 Å². The minimum absolute atomic E-state index is 0.242. The van der Waals surface area contributed by atoms with Crippen LogP contribution in [-0.2, 0) is 4.74 Å². The number of ether oxygens (including phenoxy) is 1. The molecule has 5 nitrogen and oxygen atoms in total. The highest BCUT2D eigenvalue weighted by atomic mass is 35.5. The van der Waals surface area contributed by atoms with Gasteiger partial charge in [0.1, 0.15) is 17.4 Å². The molecule has 2 rings (SSSR count). The number of carbonyl (C=O) groups excluding carboxylic acids is 1. The van der Waals surface area contributed by atoms with Crippen molar-refractivity contribution in [3.63, 3.8) is 0 Å². The summed E-state index contributed by atoms with van der Waals surface area (Å²) in [6.07, 6.45) is 1.29. The van der Waals surface area contributed by atoms with Crippen molar-refractivity contribution in [2.24, 2.45) is 0 Å². The summed E-state index contributed by atoms with van der Waals surface area (Å²) in [4.78, 5) is 19.6. The van der Waals surface area contributed by atoms with Crippen molar-refractivity contribution in [3.05, 3.63) is 16.4 Å². The number of nitrogens with zero attached hydrogens (tertiary/aromatic N) is 3. The van der Waals surface area contributed by atoms with Crippen LogP contribution in [0.1, 0.15) is 16.6 Å². The van der Waals surface area contributed by atoms with Crippen LogP contribution in [0.25, 0.3) is 11.0 Å². The van der Waals surface area contributed by atoms with Crippen LogP contribution >= 0.6 is 23.1 Å². The molecule has 0 saturated heterocycles. The van der Waals surface area contributed by atoms with Crippen LogP contribution in [0.5, 0.6) is 0 Å². The molecule has 0 spiro atoms. The fraction of sp³-hybridized carbons (Fsp3) is 0.250. The number of esters is 1. The van der Waals surface area contributed by atoms with Gasteiger partial charge in [-0.15, -0.1) is 0 Å². The van der Waals surface area contributed by atoms with Gasteiger partial charge in [-0.3, -0.25) is 0 Å². The number of hydrogen-bond acceptors (Lipinski definition) is 6. The zero-order valence-electron chi connectivity index (χ0n) is 7.73. The van der Waals surface area contributed by atoms with E-state index in [4.69, 9.17) is 16.3 Å². The van der Waals surface area contributed by atoms with Crippen molar-refractivity contribution in [1.82, 2.24) is 14.3 Å². The van der Waals surface area contributed by atoms with E-state index in [0.29, 0.717) is 22.5 Å². The maximum atomic E-state index is 11.5. The van der Waals surface area contributed by atoms with E-state index in [1.165, 1.54) is 6.33 Å². The first-order valence-electron chi connectivity index (χ1n) is 4.17. The quantitative estimate of drug-likeness (QED) is 0.596. The van der Waals surface area contributed by atoms with Gasteiger partial charge >= 0.3 is 5.97 Å². The molecule has 7 heteroatoms. The highest BCUT2D eigenvalue weighted by molar-refractivity contribution is 7.09. The van der Waals surface area contributed by atoms with E-state index in [-0.39, 0.29) is 5.15 Å². The summed E-state index contributed by atoms with van der Waals surface area (Å²) in [5, 5.41) is 0.242. The predicted octanol–water partition coefficient (Wildman–Crippen LogP) is 1.92. The second kappa shape index (κ2) is 4.08. The summed E-state index contributed by atoms with van der Waals surface area (Å²) in [6.45, 7) is 2.06. The van der Waals surface area contributed by atoms with Gasteiger partial charge in [-0.25, -0.2) is 14.8 Å². The zero-order chi connectivity index (χ0) is 10.8. The Hall–Kier alpha value is -1.27. The maximum absolute atomic E-state index is 11.5. The van der Waals surface area contributed by atoms with Crippen molar-refractivity contribution in [2.75, 3.05) is 6.61 Å². The number of rotatable bonds is 2. The van der Waals surface area contributed by atoms with Crippen LogP contribution in [0.15, 0.2) is 6.33 Å². The molecule has 0 aliphatic heterocycles. The summed E-state index contributed by atoms with van der Waals surface area (Å²) in [6, 6.07) is 0. The number of carbonyl (C=O) groups is 1. The van der Waals surface area contributed by atoms with Crippen molar-refractivity contribution in [3.8, 4) is 0 Å². The van der Waals surface area contributed by atoms with Gasteiger partial charge in [0, 0.05) is 0 Å². The summed E-state index contributed by atoms with van der Waals surface area (Å²) < 4.78 is 8.87. The van der Waals surface area contributed by atoms with Gasteiger partial charge < -0.3 is 4.74 Å². The van der Waals surface area contributed by atoms with Crippen molar-refractivity contribution < 1.29 is 9.53 Å². The minimum Gasteiger partial charge on any atom is -0.462 e. The van der Waals surface area contributed by atoms with Crippen LogP contribution < -0.4 is 0 Å². The van der Waals surface area contributed by atoms with E-state index in [2.05, 4.69) is 14.3 Å². The Morgan fingerprint density at radius 2 is 2.33 bits per heavy atom. The second-order valence-electron chi connectivity index (χ2n) is 2.59. The Morgan fingerprint density at radius 3 is 3.07 bits per heavy atom. The van der Waals surface area contributed by atoms with Gasteiger partial charge in [0.2, 0.25) is 0 Å². The van der Waals surface area contributed by atoms with Gasteiger partial charge in [0.15, 0.2) is 10.0 Å². The third kappa shape index (κ3) is 1.78. The smallest absolute Gasteiger partial charge is 0.352 e. The van der Waals surface area contributed by atoms with Gasteiger partial charge in [-0.2, -0.15) is 4.37 Å². The minimum atomic E-state index is -0.431. The average Bonchev–Trinajstić information content (AvgIpc) is 2.63. The number of hydrogen-bond donors (Lipinski definition) is 0. The molecule has 0 bridgehead atoms. The van der Waals surface area contributed by atoms with E-state index >= 15 is 0 Å². The first-order chi connectivity index (χ1) is 7.24. The molecule has 2 heterocycles. The lowest BCUT2D eigenvalue weighted by molar-refractivity contribution is 0.0534. The van der Waals surface area contributed by atoms with Crippen LogP contribution in [0.2, 0.25) is 5.15 Å². The SMILES string of the molecule is CCOC(=O)c1snc2c(Cl)ncnc12. The molecule has 0 N–H and O–H groups in total. The molecular weight excluding hydrogens is 238 g/mol. The van der Waals surface area contributed by atoms with Gasteiger partial charge in [0.05, 0.1) is 6.61 Å². The second-order valence-corrected chi connectivity index (χ2v) is 3.73. The fourth-order valence-electron chi connectivity index (χ4n) is 1.07. The molecule has 2 aromatic rings. The van der Waals surface area contributed by atoms with E-state index in [1.807, 2.05) is 0 Å². The molecule has 15 heavy (non-hydrogen) atoms. The highest BCUT2D eigenvalue weighted by Crippen LogP contribution is 2.24. The first kappa shape index (κ1) is 10.3. The molecule has 0 fully saturated rings. The summed E-state index contributed by atoms with van der Waals surface area (Å²) in [7, 11) is 0. The standard InChI is InChI=1S/C8H6ClN3O2S/c1-2-14-8(13)6-4-5(12-15-6)7(9)11-3-10-4/h3H,2H2,1H3. The Balaban J connectivity index is 2.54. The first-order valence-corrected chi connectivity index (χ1v) is 5.32. The van der Waals surface area contributed by atoms with Crippen LogP contribution in [-0.4, -0.2) is 26.9 Å². The van der Waals surface area contributed by atoms with E-state index < -0.39 is 5.97 Å². The molecule has 0 radical (unpaired) electrons. The van der Waals surface area contributed by atoms with Crippen LogP contribution in [0.4, 0.5) is 0 Å². The highest BCUT2D eigenvalue weighted by Gasteiger charge is 2.18. The molecule has 0 aromatic carbocycles. The molecule has 0 saturated carbocycles. The van der Waals surface area contributed by atoms with E-state index in [9.17, 15) is 4.79 Å². The largest absolute Gasteiger partial charge is 0.462 e. The van der Waals surface area contributed by atoms with Gasteiger partial charge in [0.25, 0.3) is 0 Å². The fourth-order valence-corrected chi connectivity index (χ4v) is 2.02. The molecule has 0 aliphatic rings. The molecule has 0 unspecified atom stereocenters. The molecular formula is C8H6ClN3O2S. The lowest BCUT2D eigenvalue weighted by Crippen LogP contribution is -2.03. The Kier molecular flexibility index (Phi) is 2.79. The lowest BCUT2D eigenvalue weighted by atomic mass is 10.4. The van der Waals surface area contributed by atoms with Gasteiger partial charge in [-0.05, 0) is 18.5 Å². The monoisotopic (exact) mass is 243 g/mol. The third-order valence-corrected chi connectivity index (χ3v) is 2.77. The number of fused-ring (bicyclic) bond motifs is 1. The van der Waals surface area contributed by atoms with Crippen molar-refractivity contribution in [1.29, 1.82) is 0 Å². The van der Waals surface area contributed by atoms with Crippen molar-refractivity contribution >= 4 is 40.1 Å². The Morgan fingerprint density at radius 1 is 1.53 bits per heavy atom. The third-order valence-electron chi connectivity index (χ3n) is 1.68. The summed E-state index contributed by atoms with van der Waals surface area (Å²) in [5.74, 6) is -0.431. The maximum Gasteiger partial charge on any atom is 0.352 e. The molecule has 2 aromatic heterocycles. The zero-order valence-corrected chi connectivity index (χ0v) is 9.30. The number of aromatic nitrogens is 3. The topological polar surface area (TPSA) is 65.0 Å². The predicted molar refractivity (Wildman–Crippen MR) is 56.2 cm³/mol. The lowest BCUT2D eigenvalue weighted by Gasteiger charge is -1.97. The molecule has 0 aliphatic carbocycles. The average molecular weight is 244 g/mol. The Labute approximate surface area is 94.2 Å². The molecule has 0 amide bonds. The summed E-state index contributed by atoms with van der Waals surface area (Å²) >= 11 is 6.81. The number of halogens is 1. The van der Waals surface area contributed by atoms with Crippen LogP contribution in [0.3, 0.4) is 0 Å². The Bertz CT molecular complexity index is 514. The van der Waals surface area contributed by atoms with Crippen molar-refractivity contribution in [2.45, 2.75) is 6.92 Å². The summed E-state index contributed by atoms with van der Waals surface area (Å²) in [5.41, 5.74) is 0.880. The normalized spacial score (nSPS) is 10.5. The van der Waals surface area contributed by atoms with Crippen LogP contribution in [0, 0.1) is 0 Å².